The highest BCUT2D eigenvalue weighted by Crippen LogP contribution is 2.37. The van der Waals surface area contributed by atoms with E-state index >= 15 is 0 Å². The van der Waals surface area contributed by atoms with Crippen molar-refractivity contribution >= 4 is 28.9 Å². The molecule has 192 valence electrons. The van der Waals surface area contributed by atoms with Crippen LogP contribution in [0.1, 0.15) is 35.7 Å². The van der Waals surface area contributed by atoms with E-state index in [1.165, 1.54) is 10.7 Å². The number of fused-ring (bicyclic) bond motifs is 1. The maximum atomic E-state index is 13.7. The number of anilines is 3. The molecule has 3 N–H and O–H groups in total. The van der Waals surface area contributed by atoms with Crippen LogP contribution in [0.5, 0.6) is 0 Å². The minimum absolute atomic E-state index is 0.0495. The van der Waals surface area contributed by atoms with Crippen LogP contribution in [0.2, 0.25) is 0 Å². The highest BCUT2D eigenvalue weighted by Gasteiger charge is 2.49. The van der Waals surface area contributed by atoms with Gasteiger partial charge in [0.05, 0.1) is 24.9 Å². The van der Waals surface area contributed by atoms with E-state index in [9.17, 15) is 18.4 Å². The minimum Gasteiger partial charge on any atom is -0.379 e. The molecule has 1 saturated carbocycles. The number of hydrogen-bond donors (Lipinski definition) is 3. The van der Waals surface area contributed by atoms with Gasteiger partial charge in [-0.25, -0.2) is 13.8 Å². The summed E-state index contributed by atoms with van der Waals surface area (Å²) in [6.07, 6.45) is 3.32. The van der Waals surface area contributed by atoms with Crippen molar-refractivity contribution in [3.05, 3.63) is 46.5 Å². The number of halogens is 2. The number of hydrogen-bond acceptors (Lipinski definition) is 8. The molecule has 3 atom stereocenters. The van der Waals surface area contributed by atoms with Crippen LogP contribution in [0.25, 0.3) is 5.65 Å². The lowest BCUT2D eigenvalue weighted by Crippen LogP contribution is -2.55. The number of carbonyl (C=O) groups excluding carboxylic acids is 1. The second kappa shape index (κ2) is 9.47. The summed E-state index contributed by atoms with van der Waals surface area (Å²) >= 11 is 0. The first-order valence-corrected chi connectivity index (χ1v) is 11.7. The van der Waals surface area contributed by atoms with Gasteiger partial charge in [-0.15, -0.1) is 0 Å². The highest BCUT2D eigenvalue weighted by molar-refractivity contribution is 6.00. The smallest absolute Gasteiger partial charge is 0.274 e. The molecule has 0 unspecified atom stereocenters. The number of methoxy groups -OCH3 is 1. The molecular weight excluding hydrogens is 476 g/mol. The van der Waals surface area contributed by atoms with Crippen LogP contribution in [0.4, 0.5) is 26.1 Å². The molecule has 13 heteroatoms. The number of aromatic nitrogens is 4. The number of alkyl halides is 2. The molecule has 1 saturated heterocycles. The molecule has 4 heterocycles. The molecule has 5 rings (SSSR count). The summed E-state index contributed by atoms with van der Waals surface area (Å²) in [5.74, 6) is -2.85. The number of ether oxygens (including phenoxy) is 2. The normalized spacial score (nSPS) is 23.2. The summed E-state index contributed by atoms with van der Waals surface area (Å²) in [7, 11) is 3.25. The van der Waals surface area contributed by atoms with Crippen LogP contribution in [0, 0.1) is 0 Å². The molecule has 3 aromatic rings. The van der Waals surface area contributed by atoms with Crippen molar-refractivity contribution in [1.82, 2.24) is 24.5 Å². The van der Waals surface area contributed by atoms with E-state index in [1.54, 1.807) is 43.1 Å². The zero-order chi connectivity index (χ0) is 25.4. The fourth-order valence-corrected chi connectivity index (χ4v) is 4.53. The van der Waals surface area contributed by atoms with Gasteiger partial charge in [0.15, 0.2) is 5.65 Å². The summed E-state index contributed by atoms with van der Waals surface area (Å²) in [6, 6.07) is 3.61. The number of nitrogens with zero attached hydrogens (tertiary/aromatic N) is 4. The average Bonchev–Trinajstić information content (AvgIpc) is 3.31. The molecule has 3 aromatic heterocycles. The first-order chi connectivity index (χ1) is 17.3. The number of rotatable bonds is 7. The van der Waals surface area contributed by atoms with Gasteiger partial charge in [0.2, 0.25) is 0 Å². The number of pyridine rings is 1. The third kappa shape index (κ3) is 4.28. The lowest BCUT2D eigenvalue weighted by Gasteiger charge is -2.36. The van der Waals surface area contributed by atoms with Gasteiger partial charge in [0.1, 0.15) is 29.0 Å². The van der Waals surface area contributed by atoms with Gasteiger partial charge in [0, 0.05) is 39.4 Å². The Balaban J connectivity index is 1.46. The molecule has 0 aromatic carbocycles. The summed E-state index contributed by atoms with van der Waals surface area (Å²) in [6.45, 7) is 0.922. The van der Waals surface area contributed by atoms with E-state index in [0.717, 1.165) is 0 Å². The molecular formula is C23H27F2N7O4. The van der Waals surface area contributed by atoms with Crippen LogP contribution in [-0.4, -0.2) is 70.5 Å². The fourth-order valence-electron chi connectivity index (χ4n) is 4.53. The molecule has 11 nitrogen and oxygen atoms in total. The molecule has 2 aliphatic rings. The van der Waals surface area contributed by atoms with E-state index in [0.29, 0.717) is 25.5 Å². The van der Waals surface area contributed by atoms with Crippen LogP contribution >= 0.6 is 0 Å². The Kier molecular flexibility index (Phi) is 6.35. The summed E-state index contributed by atoms with van der Waals surface area (Å²) in [5.41, 5.74) is 0.216. The van der Waals surface area contributed by atoms with Gasteiger partial charge in [-0.2, -0.15) is 9.61 Å². The molecule has 36 heavy (non-hydrogen) atoms. The molecule has 1 amide bonds. The quantitative estimate of drug-likeness (QED) is 0.448. The SMILES string of the molecule is CNc1cc(Nc2cccn([C@@H]3CCOC[C@@H]3OC)c2=O)nc2c(C(=O)N[C@@H]3CCC3(F)F)cnn12. The highest BCUT2D eigenvalue weighted by atomic mass is 19.3. The fraction of sp³-hybridized carbons (Fsp3) is 0.478. The molecule has 0 radical (unpaired) electrons. The Labute approximate surface area is 204 Å². The summed E-state index contributed by atoms with van der Waals surface area (Å²) in [4.78, 5) is 30.5. The zero-order valence-electron chi connectivity index (χ0n) is 19.8. The molecule has 0 bridgehead atoms. The second-order valence-corrected chi connectivity index (χ2v) is 8.86. The van der Waals surface area contributed by atoms with Gasteiger partial charge in [0.25, 0.3) is 17.4 Å². The Morgan fingerprint density at radius 1 is 1.33 bits per heavy atom. The van der Waals surface area contributed by atoms with Crippen molar-refractivity contribution < 1.29 is 23.0 Å². The van der Waals surface area contributed by atoms with E-state index in [-0.39, 0.29) is 53.3 Å². The van der Waals surface area contributed by atoms with Gasteiger partial charge in [-0.3, -0.25) is 9.59 Å². The average molecular weight is 504 g/mol. The Hall–Kier alpha value is -3.58. The third-order valence-corrected chi connectivity index (χ3v) is 6.72. The summed E-state index contributed by atoms with van der Waals surface area (Å²) < 4.78 is 41.3. The molecule has 1 aliphatic carbocycles. The zero-order valence-corrected chi connectivity index (χ0v) is 19.8. The van der Waals surface area contributed by atoms with Crippen molar-refractivity contribution in [1.29, 1.82) is 0 Å². The number of nitrogens with one attached hydrogen (secondary N) is 3. The molecule has 1 aliphatic heterocycles. The van der Waals surface area contributed by atoms with Crippen molar-refractivity contribution in [2.75, 3.05) is 38.0 Å². The van der Waals surface area contributed by atoms with Crippen LogP contribution in [0.15, 0.2) is 35.4 Å². The topological polar surface area (TPSA) is 124 Å². The van der Waals surface area contributed by atoms with Crippen LogP contribution in [0.3, 0.4) is 0 Å². The van der Waals surface area contributed by atoms with E-state index in [2.05, 4.69) is 26.0 Å². The van der Waals surface area contributed by atoms with E-state index in [1.807, 2.05) is 0 Å². The van der Waals surface area contributed by atoms with Gasteiger partial charge < -0.3 is 30.0 Å². The monoisotopic (exact) mass is 503 g/mol. The largest absolute Gasteiger partial charge is 0.379 e. The van der Waals surface area contributed by atoms with E-state index in [4.69, 9.17) is 9.47 Å². The predicted molar refractivity (Wildman–Crippen MR) is 127 cm³/mol. The standard InChI is InChI=1S/C23H27F2N7O4/c1-26-19-10-18(28-14-4-3-8-31(22(14)34)15-6-9-36-12-16(15)35-2)30-20-13(11-27-32(19)20)21(33)29-17-5-7-23(17,24)25/h3-4,8,10-11,15-17,26H,5-7,9,12H2,1-2H3,(H,28,30)(H,29,33)/t15-,16+,17-/m1/s1. The van der Waals surface area contributed by atoms with Crippen LogP contribution < -0.4 is 21.5 Å². The van der Waals surface area contributed by atoms with Crippen molar-refractivity contribution in [2.24, 2.45) is 0 Å². The van der Waals surface area contributed by atoms with Crippen molar-refractivity contribution in [3.8, 4) is 0 Å². The molecule has 2 fully saturated rings. The molecule has 0 spiro atoms. The maximum absolute atomic E-state index is 13.7. The van der Waals surface area contributed by atoms with Gasteiger partial charge in [-0.1, -0.05) is 0 Å². The Bertz CT molecular complexity index is 1340. The maximum Gasteiger partial charge on any atom is 0.274 e. The van der Waals surface area contributed by atoms with Crippen molar-refractivity contribution in [2.45, 2.75) is 43.4 Å². The lowest BCUT2D eigenvalue weighted by molar-refractivity contribution is -0.102. The number of amides is 1. The lowest BCUT2D eigenvalue weighted by atomic mass is 9.88. The number of carbonyl (C=O) groups is 1. The summed E-state index contributed by atoms with van der Waals surface area (Å²) in [5, 5.41) is 12.6. The van der Waals surface area contributed by atoms with Gasteiger partial charge >= 0.3 is 0 Å². The predicted octanol–water partition coefficient (Wildman–Crippen LogP) is 2.18. The van der Waals surface area contributed by atoms with Gasteiger partial charge in [-0.05, 0) is 25.0 Å². The van der Waals surface area contributed by atoms with Crippen molar-refractivity contribution in [3.63, 3.8) is 0 Å². The Morgan fingerprint density at radius 3 is 2.86 bits per heavy atom. The second-order valence-electron chi connectivity index (χ2n) is 8.86. The Morgan fingerprint density at radius 2 is 2.17 bits per heavy atom. The van der Waals surface area contributed by atoms with Crippen LogP contribution in [-0.2, 0) is 9.47 Å². The first kappa shape index (κ1) is 24.1. The third-order valence-electron chi connectivity index (χ3n) is 6.72. The van der Waals surface area contributed by atoms with E-state index < -0.39 is 17.9 Å². The first-order valence-electron chi connectivity index (χ1n) is 11.7. The minimum atomic E-state index is -2.92.